The largest absolute Gasteiger partial charge is 0.493 e. The molecular weight excluding hydrogens is 290 g/mol. The molecule has 0 aromatic heterocycles. The van der Waals surface area contributed by atoms with Crippen LogP contribution in [0, 0.1) is 6.92 Å². The van der Waals surface area contributed by atoms with Crippen LogP contribution in [0.4, 0.5) is 0 Å². The summed E-state index contributed by atoms with van der Waals surface area (Å²) in [4.78, 5) is 11.9. The molecule has 0 aliphatic carbocycles. The summed E-state index contributed by atoms with van der Waals surface area (Å²) >= 11 is 0. The second kappa shape index (κ2) is 8.03. The predicted octanol–water partition coefficient (Wildman–Crippen LogP) is 3.34. The summed E-state index contributed by atoms with van der Waals surface area (Å²) in [6.07, 6.45) is 3.34. The molecule has 0 unspecified atom stereocenters. The van der Waals surface area contributed by atoms with Crippen molar-refractivity contribution in [2.75, 3.05) is 14.2 Å². The van der Waals surface area contributed by atoms with Crippen molar-refractivity contribution in [3.8, 4) is 11.5 Å². The van der Waals surface area contributed by atoms with Gasteiger partial charge in [0.25, 0.3) is 0 Å². The molecule has 2 aromatic rings. The van der Waals surface area contributed by atoms with E-state index in [1.807, 2.05) is 49.4 Å². The van der Waals surface area contributed by atoms with Gasteiger partial charge < -0.3 is 14.8 Å². The fraction of sp³-hybridized carbons (Fsp3) is 0.211. The number of carbonyl (C=O) groups excluding carboxylic acids is 1. The lowest BCUT2D eigenvalue weighted by atomic mass is 10.1. The van der Waals surface area contributed by atoms with E-state index >= 15 is 0 Å². The minimum atomic E-state index is -0.138. The molecule has 0 saturated carbocycles. The summed E-state index contributed by atoms with van der Waals surface area (Å²) in [5.41, 5.74) is 3.11. The highest BCUT2D eigenvalue weighted by atomic mass is 16.5. The molecule has 0 fully saturated rings. The molecule has 4 nitrogen and oxygen atoms in total. The van der Waals surface area contributed by atoms with Gasteiger partial charge in [-0.05, 0) is 36.3 Å². The van der Waals surface area contributed by atoms with Crippen LogP contribution in [0.1, 0.15) is 16.7 Å². The van der Waals surface area contributed by atoms with Gasteiger partial charge in [-0.25, -0.2) is 0 Å². The van der Waals surface area contributed by atoms with E-state index in [4.69, 9.17) is 9.47 Å². The van der Waals surface area contributed by atoms with Crippen molar-refractivity contribution in [1.82, 2.24) is 5.32 Å². The number of aryl methyl sites for hydroxylation is 1. The number of nitrogens with one attached hydrogen (secondary N) is 1. The van der Waals surface area contributed by atoms with Crippen LogP contribution in [0.15, 0.2) is 48.5 Å². The quantitative estimate of drug-likeness (QED) is 0.832. The number of hydrogen-bond donors (Lipinski definition) is 1. The molecule has 0 saturated heterocycles. The van der Waals surface area contributed by atoms with Gasteiger partial charge in [-0.3, -0.25) is 4.79 Å². The van der Waals surface area contributed by atoms with Crippen molar-refractivity contribution in [3.05, 3.63) is 65.2 Å². The molecule has 1 N–H and O–H groups in total. The van der Waals surface area contributed by atoms with Crippen LogP contribution in [0.25, 0.3) is 6.08 Å². The van der Waals surface area contributed by atoms with Crippen molar-refractivity contribution < 1.29 is 14.3 Å². The summed E-state index contributed by atoms with van der Waals surface area (Å²) in [6, 6.07) is 13.5. The maximum atomic E-state index is 11.9. The maximum absolute atomic E-state index is 11.9. The molecule has 1 amide bonds. The first kappa shape index (κ1) is 16.6. The number of carbonyl (C=O) groups is 1. The van der Waals surface area contributed by atoms with Crippen LogP contribution in [-0.2, 0) is 11.3 Å². The lowest BCUT2D eigenvalue weighted by Crippen LogP contribution is -2.20. The van der Waals surface area contributed by atoms with Crippen LogP contribution in [0.3, 0.4) is 0 Å². The molecule has 120 valence electrons. The Morgan fingerprint density at radius 1 is 1.09 bits per heavy atom. The summed E-state index contributed by atoms with van der Waals surface area (Å²) in [5.74, 6) is 1.18. The average Bonchev–Trinajstić information content (AvgIpc) is 2.57. The molecule has 0 aliphatic heterocycles. The van der Waals surface area contributed by atoms with E-state index in [0.717, 1.165) is 16.7 Å². The van der Waals surface area contributed by atoms with Crippen molar-refractivity contribution in [2.45, 2.75) is 13.5 Å². The molecule has 0 spiro atoms. The molecule has 0 atom stereocenters. The second-order valence-corrected chi connectivity index (χ2v) is 5.15. The fourth-order valence-corrected chi connectivity index (χ4v) is 2.18. The Balaban J connectivity index is 1.94. The molecule has 2 aromatic carbocycles. The van der Waals surface area contributed by atoms with Crippen molar-refractivity contribution >= 4 is 12.0 Å². The monoisotopic (exact) mass is 311 g/mol. The second-order valence-electron chi connectivity index (χ2n) is 5.15. The molecule has 0 radical (unpaired) electrons. The Hall–Kier alpha value is -2.75. The van der Waals surface area contributed by atoms with Crippen LogP contribution < -0.4 is 14.8 Å². The van der Waals surface area contributed by atoms with Gasteiger partial charge in [0.05, 0.1) is 14.2 Å². The molecule has 4 heteroatoms. The number of benzene rings is 2. The summed E-state index contributed by atoms with van der Waals surface area (Å²) in [5, 5.41) is 2.85. The van der Waals surface area contributed by atoms with Crippen LogP contribution in [0.2, 0.25) is 0 Å². The highest BCUT2D eigenvalue weighted by Gasteiger charge is 2.05. The van der Waals surface area contributed by atoms with Gasteiger partial charge in [0, 0.05) is 12.6 Å². The summed E-state index contributed by atoms with van der Waals surface area (Å²) < 4.78 is 10.4. The minimum Gasteiger partial charge on any atom is -0.493 e. The highest BCUT2D eigenvalue weighted by Crippen LogP contribution is 2.27. The van der Waals surface area contributed by atoms with Crippen molar-refractivity contribution in [3.63, 3.8) is 0 Å². The van der Waals surface area contributed by atoms with E-state index in [9.17, 15) is 4.79 Å². The third kappa shape index (κ3) is 4.88. The van der Waals surface area contributed by atoms with Gasteiger partial charge in [-0.1, -0.05) is 35.9 Å². The average molecular weight is 311 g/mol. The Morgan fingerprint density at radius 2 is 1.87 bits per heavy atom. The Kier molecular flexibility index (Phi) is 5.80. The molecular formula is C19H21NO3. The normalized spacial score (nSPS) is 10.6. The lowest BCUT2D eigenvalue weighted by molar-refractivity contribution is -0.116. The number of hydrogen-bond acceptors (Lipinski definition) is 3. The van der Waals surface area contributed by atoms with Gasteiger partial charge in [-0.15, -0.1) is 0 Å². The van der Waals surface area contributed by atoms with Gasteiger partial charge in [0.1, 0.15) is 0 Å². The van der Waals surface area contributed by atoms with Gasteiger partial charge >= 0.3 is 0 Å². The number of amides is 1. The van der Waals surface area contributed by atoms with Crippen LogP contribution in [-0.4, -0.2) is 20.1 Å². The van der Waals surface area contributed by atoms with E-state index in [0.29, 0.717) is 18.0 Å². The van der Waals surface area contributed by atoms with Crippen LogP contribution >= 0.6 is 0 Å². The molecule has 0 heterocycles. The lowest BCUT2D eigenvalue weighted by Gasteiger charge is -2.09. The SMILES string of the molecule is COc1ccc(CNC(=O)/C=C/c2cccc(C)c2)cc1OC. The number of methoxy groups -OCH3 is 2. The fourth-order valence-electron chi connectivity index (χ4n) is 2.18. The molecule has 0 bridgehead atoms. The summed E-state index contributed by atoms with van der Waals surface area (Å²) in [6.45, 7) is 2.45. The zero-order chi connectivity index (χ0) is 16.7. The standard InChI is InChI=1S/C19H21NO3/c1-14-5-4-6-15(11-14)8-10-19(21)20-13-16-7-9-17(22-2)18(12-16)23-3/h4-12H,13H2,1-3H3,(H,20,21)/b10-8+. The van der Waals surface area contributed by atoms with E-state index in [-0.39, 0.29) is 5.91 Å². The van der Waals surface area contributed by atoms with E-state index in [1.54, 1.807) is 20.3 Å². The Bertz CT molecular complexity index is 708. The topological polar surface area (TPSA) is 47.6 Å². The van der Waals surface area contributed by atoms with E-state index in [2.05, 4.69) is 5.32 Å². The molecule has 23 heavy (non-hydrogen) atoms. The predicted molar refractivity (Wildman–Crippen MR) is 91.6 cm³/mol. The smallest absolute Gasteiger partial charge is 0.244 e. The third-order valence-electron chi connectivity index (χ3n) is 3.38. The first-order valence-electron chi connectivity index (χ1n) is 7.36. The van der Waals surface area contributed by atoms with Gasteiger partial charge in [0.15, 0.2) is 11.5 Å². The zero-order valence-corrected chi connectivity index (χ0v) is 13.6. The third-order valence-corrected chi connectivity index (χ3v) is 3.38. The number of rotatable bonds is 6. The summed E-state index contributed by atoms with van der Waals surface area (Å²) in [7, 11) is 3.18. The van der Waals surface area contributed by atoms with Gasteiger partial charge in [0.2, 0.25) is 5.91 Å². The Morgan fingerprint density at radius 3 is 2.57 bits per heavy atom. The maximum Gasteiger partial charge on any atom is 0.244 e. The Labute approximate surface area is 136 Å². The van der Waals surface area contributed by atoms with Gasteiger partial charge in [-0.2, -0.15) is 0 Å². The zero-order valence-electron chi connectivity index (χ0n) is 13.6. The van der Waals surface area contributed by atoms with Crippen molar-refractivity contribution in [1.29, 1.82) is 0 Å². The first-order chi connectivity index (χ1) is 11.1. The van der Waals surface area contributed by atoms with E-state index < -0.39 is 0 Å². The number of ether oxygens (including phenoxy) is 2. The van der Waals surface area contributed by atoms with Crippen LogP contribution in [0.5, 0.6) is 11.5 Å². The van der Waals surface area contributed by atoms with Crippen molar-refractivity contribution in [2.24, 2.45) is 0 Å². The first-order valence-corrected chi connectivity index (χ1v) is 7.36. The highest BCUT2D eigenvalue weighted by molar-refractivity contribution is 5.91. The molecule has 2 rings (SSSR count). The molecule has 0 aliphatic rings. The van der Waals surface area contributed by atoms with E-state index in [1.165, 1.54) is 6.08 Å². The minimum absolute atomic E-state index is 0.138.